The third kappa shape index (κ3) is 28.7. The monoisotopic (exact) mass is 572 g/mol. The minimum absolute atomic E-state index is 0.135. The van der Waals surface area contributed by atoms with Crippen LogP contribution in [0.3, 0.4) is 0 Å². The second-order valence-electron chi connectivity index (χ2n) is 12.4. The number of rotatable bonds is 33. The van der Waals surface area contributed by atoms with E-state index in [1.165, 1.54) is 141 Å². The molecule has 2 heteroatoms. The lowest BCUT2D eigenvalue weighted by atomic mass is 9.89. The third-order valence-corrected chi connectivity index (χ3v) is 8.44. The van der Waals surface area contributed by atoms with Gasteiger partial charge in [-0.3, -0.25) is 9.59 Å². The second-order valence-corrected chi connectivity index (χ2v) is 12.4. The molecule has 0 aromatic rings. The molecule has 0 atom stereocenters. The molecule has 239 valence electrons. The molecule has 0 unspecified atom stereocenters. The van der Waals surface area contributed by atoms with Crippen molar-refractivity contribution >= 4 is 11.6 Å². The minimum Gasteiger partial charge on any atom is -0.299 e. The van der Waals surface area contributed by atoms with Crippen LogP contribution in [0.25, 0.3) is 0 Å². The van der Waals surface area contributed by atoms with Crippen molar-refractivity contribution in [2.45, 2.75) is 200 Å². The van der Waals surface area contributed by atoms with E-state index in [4.69, 9.17) is 0 Å². The van der Waals surface area contributed by atoms with Crippen LogP contribution in [0.15, 0.2) is 24.3 Å². The topological polar surface area (TPSA) is 34.1 Å². The van der Waals surface area contributed by atoms with Crippen LogP contribution in [0.2, 0.25) is 0 Å². The number of carbonyl (C=O) groups is 2. The van der Waals surface area contributed by atoms with Crippen LogP contribution in [0.1, 0.15) is 200 Å². The van der Waals surface area contributed by atoms with Gasteiger partial charge in [0.05, 0.1) is 5.92 Å². The van der Waals surface area contributed by atoms with E-state index in [0.717, 1.165) is 25.7 Å². The molecule has 0 aliphatic heterocycles. The van der Waals surface area contributed by atoms with Crippen molar-refractivity contribution in [2.75, 3.05) is 0 Å². The smallest absolute Gasteiger partial charge is 0.143 e. The van der Waals surface area contributed by atoms with Gasteiger partial charge in [-0.25, -0.2) is 0 Å². The van der Waals surface area contributed by atoms with E-state index in [0.29, 0.717) is 19.3 Å². The molecule has 0 heterocycles. The van der Waals surface area contributed by atoms with Crippen molar-refractivity contribution in [1.82, 2.24) is 0 Å². The summed E-state index contributed by atoms with van der Waals surface area (Å²) in [6.45, 7) is 8.46. The van der Waals surface area contributed by atoms with Crippen molar-refractivity contribution in [1.29, 1.82) is 0 Å². The highest BCUT2D eigenvalue weighted by atomic mass is 16.1. The maximum atomic E-state index is 12.6. The molecule has 0 amide bonds. The zero-order valence-electron chi connectivity index (χ0n) is 27.9. The summed E-state index contributed by atoms with van der Waals surface area (Å²) in [5, 5.41) is 0. The SMILES string of the molecule is [CH2]CC(C(=O)CCCCCCC/C=C\CCCCCCCC)C(=O)CCCCCCC/C=C\CCCCCCCC. The van der Waals surface area contributed by atoms with Crippen LogP contribution in [0.4, 0.5) is 0 Å². The molecule has 0 spiro atoms. The first kappa shape index (κ1) is 39.8. The molecule has 0 N–H and O–H groups in total. The Labute approximate surface area is 258 Å². The summed E-state index contributed by atoms with van der Waals surface area (Å²) < 4.78 is 0. The fourth-order valence-electron chi connectivity index (χ4n) is 5.59. The van der Waals surface area contributed by atoms with Crippen molar-refractivity contribution in [2.24, 2.45) is 5.92 Å². The average Bonchev–Trinajstić information content (AvgIpc) is 2.97. The average molecular weight is 572 g/mol. The van der Waals surface area contributed by atoms with Gasteiger partial charge in [-0.05, 0) is 70.6 Å². The highest BCUT2D eigenvalue weighted by Gasteiger charge is 2.23. The summed E-state index contributed by atoms with van der Waals surface area (Å²) in [6.07, 6.45) is 43.6. The Morgan fingerprint density at radius 2 is 0.707 bits per heavy atom. The Morgan fingerprint density at radius 1 is 0.439 bits per heavy atom. The lowest BCUT2D eigenvalue weighted by Crippen LogP contribution is -2.23. The Morgan fingerprint density at radius 3 is 1.00 bits per heavy atom. The molecular formula is C39H71O2. The predicted molar refractivity (Wildman–Crippen MR) is 182 cm³/mol. The Bertz CT molecular complexity index is 565. The zero-order valence-corrected chi connectivity index (χ0v) is 27.9. The molecular weight excluding hydrogens is 500 g/mol. The van der Waals surface area contributed by atoms with Crippen LogP contribution in [0, 0.1) is 12.8 Å². The zero-order chi connectivity index (χ0) is 30.1. The van der Waals surface area contributed by atoms with Gasteiger partial charge < -0.3 is 0 Å². The quantitative estimate of drug-likeness (QED) is 0.0446. The highest BCUT2D eigenvalue weighted by molar-refractivity contribution is 6.02. The Balaban J connectivity index is 3.63. The fraction of sp³-hybridized carbons (Fsp3) is 0.821. The molecule has 0 saturated carbocycles. The summed E-state index contributed by atoms with van der Waals surface area (Å²) in [4.78, 5) is 25.3. The lowest BCUT2D eigenvalue weighted by Gasteiger charge is -2.12. The molecule has 2 nitrogen and oxygen atoms in total. The van der Waals surface area contributed by atoms with E-state index in [1.54, 1.807) is 0 Å². The predicted octanol–water partition coefficient (Wildman–Crippen LogP) is 13.0. The van der Waals surface area contributed by atoms with Crippen LogP contribution in [-0.2, 0) is 9.59 Å². The van der Waals surface area contributed by atoms with E-state index >= 15 is 0 Å². The minimum atomic E-state index is -0.455. The van der Waals surface area contributed by atoms with Crippen LogP contribution in [0.5, 0.6) is 0 Å². The van der Waals surface area contributed by atoms with Crippen molar-refractivity contribution < 1.29 is 9.59 Å². The Hall–Kier alpha value is -1.18. The van der Waals surface area contributed by atoms with E-state index in [-0.39, 0.29) is 11.6 Å². The van der Waals surface area contributed by atoms with E-state index in [2.05, 4.69) is 45.1 Å². The van der Waals surface area contributed by atoms with Gasteiger partial charge in [0.1, 0.15) is 11.6 Å². The van der Waals surface area contributed by atoms with Gasteiger partial charge in [0.2, 0.25) is 0 Å². The second kappa shape index (κ2) is 33.3. The Kier molecular flexibility index (Phi) is 32.4. The molecule has 0 aromatic heterocycles. The van der Waals surface area contributed by atoms with Crippen LogP contribution < -0.4 is 0 Å². The molecule has 0 bridgehead atoms. The van der Waals surface area contributed by atoms with E-state index in [1.807, 2.05) is 0 Å². The molecule has 41 heavy (non-hydrogen) atoms. The van der Waals surface area contributed by atoms with Gasteiger partial charge in [0, 0.05) is 12.8 Å². The van der Waals surface area contributed by atoms with Gasteiger partial charge in [-0.2, -0.15) is 0 Å². The number of ketones is 2. The number of Topliss-reactive ketones (excluding diaryl/α,β-unsaturated/α-hetero) is 2. The number of hydrogen-bond donors (Lipinski definition) is 0. The van der Waals surface area contributed by atoms with E-state index in [9.17, 15) is 9.59 Å². The van der Waals surface area contributed by atoms with Gasteiger partial charge in [-0.15, -0.1) is 0 Å². The number of allylic oxidation sites excluding steroid dienone is 4. The standard InChI is InChI=1S/C39H71O2/c1-4-7-9-11-13-15-17-19-21-23-25-27-29-31-33-35-38(40)37(6-3)39(41)36-34-32-30-28-26-24-22-20-18-16-14-12-10-8-5-2/h19-22,37H,3-18,23-36H2,1-2H3/b21-19-,22-20-. The lowest BCUT2D eigenvalue weighted by molar-refractivity contribution is -0.132. The third-order valence-electron chi connectivity index (χ3n) is 8.44. The first-order valence-electron chi connectivity index (χ1n) is 18.3. The van der Waals surface area contributed by atoms with Crippen molar-refractivity contribution in [3.63, 3.8) is 0 Å². The number of unbranched alkanes of at least 4 members (excludes halogenated alkanes) is 22. The maximum Gasteiger partial charge on any atom is 0.143 e. The molecule has 0 saturated heterocycles. The van der Waals surface area contributed by atoms with Gasteiger partial charge in [0.15, 0.2) is 0 Å². The summed E-state index contributed by atoms with van der Waals surface area (Å²) in [5.41, 5.74) is 0. The molecule has 0 fully saturated rings. The van der Waals surface area contributed by atoms with E-state index < -0.39 is 5.92 Å². The highest BCUT2D eigenvalue weighted by Crippen LogP contribution is 2.17. The summed E-state index contributed by atoms with van der Waals surface area (Å²) in [7, 11) is 0. The molecule has 1 radical (unpaired) electrons. The summed E-state index contributed by atoms with van der Waals surface area (Å²) in [6, 6.07) is 0. The summed E-state index contributed by atoms with van der Waals surface area (Å²) >= 11 is 0. The first-order valence-corrected chi connectivity index (χ1v) is 18.3. The summed E-state index contributed by atoms with van der Waals surface area (Å²) in [5.74, 6) is -0.186. The van der Waals surface area contributed by atoms with Crippen molar-refractivity contribution in [3.8, 4) is 0 Å². The largest absolute Gasteiger partial charge is 0.299 e. The van der Waals surface area contributed by atoms with Crippen LogP contribution in [-0.4, -0.2) is 11.6 Å². The molecule has 0 aliphatic rings. The number of carbonyl (C=O) groups excluding carboxylic acids is 2. The maximum absolute atomic E-state index is 12.6. The van der Waals surface area contributed by atoms with Gasteiger partial charge in [-0.1, -0.05) is 148 Å². The van der Waals surface area contributed by atoms with Crippen LogP contribution >= 0.6 is 0 Å². The van der Waals surface area contributed by atoms with Crippen molar-refractivity contribution in [3.05, 3.63) is 31.2 Å². The fourth-order valence-corrected chi connectivity index (χ4v) is 5.59. The molecule has 0 rings (SSSR count). The molecule has 0 aliphatic carbocycles. The van der Waals surface area contributed by atoms with Gasteiger partial charge >= 0.3 is 0 Å². The normalized spacial score (nSPS) is 11.9. The van der Waals surface area contributed by atoms with Gasteiger partial charge in [0.25, 0.3) is 0 Å². The first-order chi connectivity index (χ1) is 20.2. The number of hydrogen-bond acceptors (Lipinski definition) is 2. The molecule has 0 aromatic carbocycles.